The molecule has 4 aliphatic carbocycles. The van der Waals surface area contributed by atoms with Crippen molar-refractivity contribution in [3.8, 4) is 0 Å². The Bertz CT molecular complexity index is 983. The van der Waals surface area contributed by atoms with E-state index in [0.29, 0.717) is 42.1 Å². The highest BCUT2D eigenvalue weighted by atomic mass is 16.6. The molecule has 0 spiro atoms. The summed E-state index contributed by atoms with van der Waals surface area (Å²) in [5.41, 5.74) is -0.602. The lowest BCUT2D eigenvalue weighted by atomic mass is 9.61. The fourth-order valence-corrected chi connectivity index (χ4v) is 9.89. The fraction of sp³-hybridized carbons (Fsp3) is 0.892. The van der Waals surface area contributed by atoms with E-state index in [2.05, 4.69) is 6.92 Å². The molecule has 6 fully saturated rings. The van der Waals surface area contributed by atoms with Crippen LogP contribution in [0.25, 0.3) is 0 Å². The summed E-state index contributed by atoms with van der Waals surface area (Å²) in [5.74, 6) is 0.116. The van der Waals surface area contributed by atoms with Crippen LogP contribution in [-0.4, -0.2) is 36.1 Å². The van der Waals surface area contributed by atoms with Gasteiger partial charge < -0.3 is 14.2 Å². The van der Waals surface area contributed by atoms with E-state index in [-0.39, 0.29) is 101 Å². The van der Waals surface area contributed by atoms with Gasteiger partial charge in [0.1, 0.15) is 5.60 Å². The van der Waals surface area contributed by atoms with E-state index in [4.69, 9.17) is 14.2 Å². The molecule has 2 heterocycles. The third kappa shape index (κ3) is 7.07. The molecule has 0 aromatic heterocycles. The normalized spacial score (nSPS) is 39.1. The van der Waals surface area contributed by atoms with Crippen LogP contribution in [0.3, 0.4) is 0 Å². The van der Waals surface area contributed by atoms with Crippen LogP contribution in [0.1, 0.15) is 126 Å². The number of ether oxygens (including phenoxy) is 3. The minimum absolute atomic E-state index is 0. The maximum atomic E-state index is 13.9. The van der Waals surface area contributed by atoms with Gasteiger partial charge in [-0.1, -0.05) is 73.3 Å². The topological polar surface area (TPSA) is 96.0 Å². The molecule has 0 radical (unpaired) electrons. The Kier molecular flexibility index (Phi) is 17.0. The molecule has 6 aliphatic rings. The van der Waals surface area contributed by atoms with E-state index >= 15 is 0 Å². The number of rotatable bonds is 5. The Morgan fingerprint density at radius 1 is 0.795 bits per heavy atom. The van der Waals surface area contributed by atoms with Crippen molar-refractivity contribution in [3.63, 3.8) is 0 Å². The van der Waals surface area contributed by atoms with Crippen molar-refractivity contribution in [1.29, 1.82) is 0 Å². The van der Waals surface area contributed by atoms with Gasteiger partial charge in [-0.3, -0.25) is 19.2 Å². The van der Waals surface area contributed by atoms with Crippen LogP contribution in [0.2, 0.25) is 0 Å². The Morgan fingerprint density at radius 2 is 1.39 bits per heavy atom. The molecule has 13 atom stereocenters. The first-order chi connectivity index (χ1) is 17.0. The van der Waals surface area contributed by atoms with E-state index in [9.17, 15) is 19.2 Å². The third-order valence-corrected chi connectivity index (χ3v) is 11.2. The van der Waals surface area contributed by atoms with Gasteiger partial charge in [-0.15, -0.1) is 0 Å². The maximum absolute atomic E-state index is 13.9. The lowest BCUT2D eigenvalue weighted by Crippen LogP contribution is -2.44. The number of esters is 4. The van der Waals surface area contributed by atoms with Crippen molar-refractivity contribution in [2.75, 3.05) is 6.61 Å². The summed E-state index contributed by atoms with van der Waals surface area (Å²) in [4.78, 5) is 51.5. The van der Waals surface area contributed by atoms with Crippen LogP contribution in [0.4, 0.5) is 0 Å². The number of hydrogen-bond acceptors (Lipinski definition) is 7. The van der Waals surface area contributed by atoms with Crippen LogP contribution in [0.5, 0.6) is 0 Å². The molecular weight excluding hydrogens is 556 g/mol. The van der Waals surface area contributed by atoms with Crippen molar-refractivity contribution in [1.82, 2.24) is 0 Å². The average Bonchev–Trinajstić information content (AvgIpc) is 3.60. The molecule has 0 amide bonds. The van der Waals surface area contributed by atoms with Gasteiger partial charge in [0.2, 0.25) is 0 Å². The summed E-state index contributed by atoms with van der Waals surface area (Å²) in [6.45, 7) is 10.3. The Morgan fingerprint density at radius 3 is 1.93 bits per heavy atom. The summed E-state index contributed by atoms with van der Waals surface area (Å²) in [5, 5.41) is 0. The molecule has 2 saturated heterocycles. The number of hydrogen-bond donors (Lipinski definition) is 0. The number of carbonyl (C=O) groups is 4. The second kappa shape index (κ2) is 16.1. The van der Waals surface area contributed by atoms with Gasteiger partial charge in [0, 0.05) is 5.92 Å². The summed E-state index contributed by atoms with van der Waals surface area (Å²) in [6.07, 6.45) is 4.89. The zero-order valence-corrected chi connectivity index (χ0v) is 22.1. The largest absolute Gasteiger partial charge is 0.465 e. The molecule has 2 aliphatic heterocycles. The molecule has 262 valence electrons. The predicted molar refractivity (Wildman–Crippen MR) is 182 cm³/mol. The van der Waals surface area contributed by atoms with Gasteiger partial charge in [-0.2, -0.15) is 0 Å². The minimum atomic E-state index is -0.602. The van der Waals surface area contributed by atoms with E-state index in [1.165, 1.54) is 0 Å². The predicted octanol–water partition coefficient (Wildman–Crippen LogP) is 9.11. The maximum Gasteiger partial charge on any atom is 0.317 e. The molecule has 0 N–H and O–H groups in total. The van der Waals surface area contributed by atoms with Crippen LogP contribution >= 0.6 is 0 Å². The number of carbonyl (C=O) groups excluding carboxylic acids is 4. The first-order valence-electron chi connectivity index (χ1n) is 14.1. The average molecular weight is 629 g/mol. The summed E-state index contributed by atoms with van der Waals surface area (Å²) in [7, 11) is 0. The monoisotopic (exact) mass is 629 g/mol. The first kappa shape index (κ1) is 46.5. The van der Waals surface area contributed by atoms with Crippen molar-refractivity contribution < 1.29 is 33.4 Å². The molecule has 44 heavy (non-hydrogen) atoms. The van der Waals surface area contributed by atoms with Crippen molar-refractivity contribution in [3.05, 3.63) is 0 Å². The highest BCUT2D eigenvalue weighted by molar-refractivity contribution is 5.96. The van der Waals surface area contributed by atoms with Gasteiger partial charge in [0.15, 0.2) is 0 Å². The number of fused-ring (bicyclic) bond motifs is 7. The van der Waals surface area contributed by atoms with Crippen molar-refractivity contribution in [2.24, 2.45) is 76.9 Å². The van der Waals surface area contributed by atoms with Gasteiger partial charge in [-0.05, 0) is 100 Å². The molecule has 6 rings (SSSR count). The zero-order chi connectivity index (χ0) is 25.7. The second-order valence-corrected chi connectivity index (χ2v) is 13.8. The molecule has 4 bridgehead atoms. The summed E-state index contributed by atoms with van der Waals surface area (Å²) >= 11 is 0. The fourth-order valence-electron chi connectivity index (χ4n) is 9.89. The lowest BCUT2D eigenvalue weighted by molar-refractivity contribution is -0.167. The lowest BCUT2D eigenvalue weighted by Gasteiger charge is -2.42. The third-order valence-electron chi connectivity index (χ3n) is 11.2. The molecule has 7 nitrogen and oxygen atoms in total. The summed E-state index contributed by atoms with van der Waals surface area (Å²) in [6, 6.07) is 0. The van der Waals surface area contributed by atoms with E-state index in [0.717, 1.165) is 32.1 Å². The molecular formula is C37H72O7. The number of cyclic esters (lactones) is 3. The Labute approximate surface area is 272 Å². The highest BCUT2D eigenvalue weighted by Crippen LogP contribution is 2.64. The smallest absolute Gasteiger partial charge is 0.317 e. The van der Waals surface area contributed by atoms with E-state index < -0.39 is 29.4 Å². The second-order valence-electron chi connectivity index (χ2n) is 13.8. The molecule has 0 aromatic rings. The standard InChI is InChI=1S/C29H40O7.8CH4/c1-12-16(18-10-17(12)24-20(18)11-34-27(24)32)9-19(26(31)36-29(3,4)5)22-14-6-7-15(8-14)23(22)21-13(2)25(30)35-28(21)33;;;;;;;;/h12-24H,6-11H2,1-5H3;8*1H4. The van der Waals surface area contributed by atoms with E-state index in [1.807, 2.05) is 20.8 Å². The molecule has 4 saturated carbocycles. The van der Waals surface area contributed by atoms with E-state index in [1.54, 1.807) is 6.92 Å². The molecule has 0 aromatic carbocycles. The van der Waals surface area contributed by atoms with Crippen LogP contribution in [-0.2, 0) is 33.4 Å². The van der Waals surface area contributed by atoms with Crippen molar-refractivity contribution in [2.45, 2.75) is 132 Å². The van der Waals surface area contributed by atoms with Gasteiger partial charge in [-0.25, -0.2) is 0 Å². The highest BCUT2D eigenvalue weighted by Gasteiger charge is 2.64. The quantitative estimate of drug-likeness (QED) is 0.170. The van der Waals surface area contributed by atoms with Gasteiger partial charge >= 0.3 is 23.9 Å². The Balaban J connectivity index is -0.00000210. The van der Waals surface area contributed by atoms with Crippen LogP contribution in [0, 0.1) is 76.9 Å². The molecule has 7 heteroatoms. The minimum Gasteiger partial charge on any atom is -0.465 e. The zero-order valence-electron chi connectivity index (χ0n) is 22.1. The van der Waals surface area contributed by atoms with Crippen molar-refractivity contribution >= 4 is 23.9 Å². The van der Waals surface area contributed by atoms with Gasteiger partial charge in [0.25, 0.3) is 0 Å². The summed E-state index contributed by atoms with van der Waals surface area (Å²) < 4.78 is 16.6. The molecule has 13 unspecified atom stereocenters. The van der Waals surface area contributed by atoms with Gasteiger partial charge in [0.05, 0.1) is 30.3 Å². The SMILES string of the molecule is C.C.C.C.C.C.C.C.CC1C(=O)OC(=O)C1C1C2CCC(C2)C1C(CC1C(C)C2CC1C1COC(=O)C21)C(=O)OC(C)(C)C. The Hall–Kier alpha value is -1.92. The first-order valence-corrected chi connectivity index (χ1v) is 14.1. The van der Waals surface area contributed by atoms with Crippen LogP contribution < -0.4 is 0 Å². The van der Waals surface area contributed by atoms with Crippen LogP contribution in [0.15, 0.2) is 0 Å².